The van der Waals surface area contributed by atoms with Gasteiger partial charge in [-0.15, -0.1) is 0 Å². The summed E-state index contributed by atoms with van der Waals surface area (Å²) in [5, 5.41) is 1.44. The summed E-state index contributed by atoms with van der Waals surface area (Å²) in [6.45, 7) is 1.88. The fraction of sp³-hybridized carbons (Fsp3) is 0.0625. The van der Waals surface area contributed by atoms with Gasteiger partial charge in [0.15, 0.2) is 5.78 Å². The van der Waals surface area contributed by atoms with E-state index in [9.17, 15) is 4.79 Å². The van der Waals surface area contributed by atoms with Gasteiger partial charge in [-0.25, -0.2) is 0 Å². The molecule has 3 aromatic rings. The molecule has 0 spiro atoms. The Morgan fingerprint density at radius 1 is 1.20 bits per heavy atom. The Bertz CT molecular complexity index is 820. The Kier molecular flexibility index (Phi) is 2.99. The number of H-pyrrole nitrogens is 1. The topological polar surface area (TPSA) is 58.9 Å². The zero-order valence-electron chi connectivity index (χ0n) is 10.9. The predicted octanol–water partition coefficient (Wildman–Crippen LogP) is 3.94. The molecule has 1 heterocycles. The van der Waals surface area contributed by atoms with E-state index in [0.717, 1.165) is 16.5 Å². The minimum atomic E-state index is -0.0315. The van der Waals surface area contributed by atoms with Gasteiger partial charge in [-0.2, -0.15) is 0 Å². The zero-order chi connectivity index (χ0) is 14.3. The van der Waals surface area contributed by atoms with Crippen LogP contribution in [-0.4, -0.2) is 10.8 Å². The summed E-state index contributed by atoms with van der Waals surface area (Å²) in [7, 11) is 0. The average molecular weight is 285 g/mol. The second-order valence-corrected chi connectivity index (χ2v) is 5.18. The molecule has 0 radical (unpaired) electrons. The van der Waals surface area contributed by atoms with Gasteiger partial charge in [-0.3, -0.25) is 4.79 Å². The first-order valence-electron chi connectivity index (χ1n) is 6.24. The van der Waals surface area contributed by atoms with E-state index in [1.807, 2.05) is 19.1 Å². The summed E-state index contributed by atoms with van der Waals surface area (Å²) < 4.78 is 0. The van der Waals surface area contributed by atoms with Crippen molar-refractivity contribution in [1.29, 1.82) is 0 Å². The van der Waals surface area contributed by atoms with Crippen molar-refractivity contribution in [2.45, 2.75) is 6.92 Å². The summed E-state index contributed by atoms with van der Waals surface area (Å²) in [5.74, 6) is -0.0315. The monoisotopic (exact) mass is 284 g/mol. The maximum atomic E-state index is 12.7. The quantitative estimate of drug-likeness (QED) is 0.553. The number of halogens is 1. The molecule has 0 saturated heterocycles. The number of aromatic nitrogens is 1. The Morgan fingerprint density at radius 3 is 2.75 bits per heavy atom. The maximum absolute atomic E-state index is 12.7. The number of anilines is 1. The molecule has 0 amide bonds. The molecule has 3 nitrogen and oxygen atoms in total. The molecular formula is C16H13ClN2O. The highest BCUT2D eigenvalue weighted by atomic mass is 35.5. The summed E-state index contributed by atoms with van der Waals surface area (Å²) in [6, 6.07) is 10.8. The highest BCUT2D eigenvalue weighted by Gasteiger charge is 2.16. The van der Waals surface area contributed by atoms with Crippen LogP contribution in [-0.2, 0) is 0 Å². The lowest BCUT2D eigenvalue weighted by molar-refractivity contribution is 0.104. The van der Waals surface area contributed by atoms with Crippen LogP contribution < -0.4 is 5.73 Å². The second kappa shape index (κ2) is 4.69. The van der Waals surface area contributed by atoms with Crippen LogP contribution in [0.5, 0.6) is 0 Å². The number of nitrogen functional groups attached to an aromatic ring is 1. The van der Waals surface area contributed by atoms with Crippen LogP contribution in [0, 0.1) is 6.92 Å². The second-order valence-electron chi connectivity index (χ2n) is 4.77. The van der Waals surface area contributed by atoms with Crippen molar-refractivity contribution < 1.29 is 4.79 Å². The molecule has 4 heteroatoms. The summed E-state index contributed by atoms with van der Waals surface area (Å²) in [4.78, 5) is 15.7. The molecule has 100 valence electrons. The van der Waals surface area contributed by atoms with Gasteiger partial charge in [0.1, 0.15) is 0 Å². The number of aryl methyl sites for hydroxylation is 1. The lowest BCUT2D eigenvalue weighted by Gasteiger charge is -2.05. The Balaban J connectivity index is 2.16. The number of benzene rings is 2. The first-order valence-corrected chi connectivity index (χ1v) is 6.62. The van der Waals surface area contributed by atoms with E-state index >= 15 is 0 Å². The van der Waals surface area contributed by atoms with E-state index in [1.165, 1.54) is 0 Å². The average Bonchev–Trinajstić information content (AvgIpc) is 2.83. The van der Waals surface area contributed by atoms with Crippen molar-refractivity contribution in [3.8, 4) is 0 Å². The van der Waals surface area contributed by atoms with Crippen molar-refractivity contribution in [2.75, 3.05) is 5.73 Å². The number of nitrogens with two attached hydrogens (primary N) is 1. The van der Waals surface area contributed by atoms with Gasteiger partial charge in [0, 0.05) is 28.4 Å². The summed E-state index contributed by atoms with van der Waals surface area (Å²) >= 11 is 6.11. The number of ketones is 1. The molecule has 0 aliphatic carbocycles. The molecule has 0 atom stereocenters. The predicted molar refractivity (Wildman–Crippen MR) is 82.3 cm³/mol. The molecule has 3 rings (SSSR count). The number of hydrogen-bond donors (Lipinski definition) is 2. The SMILES string of the molecule is Cc1cc(N)ccc1C(=O)c1c[nH]c2c(Cl)cccc12. The summed E-state index contributed by atoms with van der Waals surface area (Å²) in [6.07, 6.45) is 1.70. The van der Waals surface area contributed by atoms with Gasteiger partial charge < -0.3 is 10.7 Å². The molecule has 0 unspecified atom stereocenters. The van der Waals surface area contributed by atoms with Crippen LogP contribution in [0.25, 0.3) is 10.9 Å². The number of carbonyl (C=O) groups excluding carboxylic acids is 1. The number of nitrogens with one attached hydrogen (secondary N) is 1. The third-order valence-corrected chi connectivity index (χ3v) is 3.72. The van der Waals surface area contributed by atoms with E-state index in [2.05, 4.69) is 4.98 Å². The van der Waals surface area contributed by atoms with Gasteiger partial charge in [0.25, 0.3) is 0 Å². The highest BCUT2D eigenvalue weighted by molar-refractivity contribution is 6.35. The van der Waals surface area contributed by atoms with Crippen LogP contribution in [0.2, 0.25) is 5.02 Å². The van der Waals surface area contributed by atoms with Crippen molar-refractivity contribution in [3.63, 3.8) is 0 Å². The van der Waals surface area contributed by atoms with E-state index in [4.69, 9.17) is 17.3 Å². The van der Waals surface area contributed by atoms with Crippen LogP contribution in [0.4, 0.5) is 5.69 Å². The van der Waals surface area contributed by atoms with Gasteiger partial charge in [-0.05, 0) is 36.8 Å². The Morgan fingerprint density at radius 2 is 2.00 bits per heavy atom. The number of carbonyl (C=O) groups is 1. The standard InChI is InChI=1S/C16H13ClN2O/c1-9-7-10(18)5-6-11(9)16(20)13-8-19-15-12(13)3-2-4-14(15)17/h2-8,19H,18H2,1H3. The van der Waals surface area contributed by atoms with Crippen molar-refractivity contribution in [3.05, 3.63) is 64.3 Å². The zero-order valence-corrected chi connectivity index (χ0v) is 11.7. The molecule has 1 aromatic heterocycles. The number of hydrogen-bond acceptors (Lipinski definition) is 2. The number of rotatable bonds is 2. The van der Waals surface area contributed by atoms with E-state index in [0.29, 0.717) is 21.8 Å². The largest absolute Gasteiger partial charge is 0.399 e. The third-order valence-electron chi connectivity index (χ3n) is 3.40. The minimum Gasteiger partial charge on any atom is -0.399 e. The lowest BCUT2D eigenvalue weighted by Crippen LogP contribution is -2.03. The van der Waals surface area contributed by atoms with Crippen molar-refractivity contribution >= 4 is 34.0 Å². The highest BCUT2D eigenvalue weighted by Crippen LogP contribution is 2.27. The molecular weight excluding hydrogens is 272 g/mol. The fourth-order valence-electron chi connectivity index (χ4n) is 2.39. The Hall–Kier alpha value is -2.26. The Labute approximate surface area is 121 Å². The lowest BCUT2D eigenvalue weighted by atomic mass is 9.98. The third kappa shape index (κ3) is 1.96. The van der Waals surface area contributed by atoms with Crippen molar-refractivity contribution in [2.24, 2.45) is 0 Å². The molecule has 0 aliphatic heterocycles. The first-order chi connectivity index (χ1) is 9.58. The molecule has 2 aromatic carbocycles. The molecule has 0 aliphatic rings. The number of para-hydroxylation sites is 1. The molecule has 3 N–H and O–H groups in total. The maximum Gasteiger partial charge on any atom is 0.195 e. The van der Waals surface area contributed by atoms with Crippen LogP contribution >= 0.6 is 11.6 Å². The first kappa shape index (κ1) is 12.8. The number of fused-ring (bicyclic) bond motifs is 1. The normalized spacial score (nSPS) is 10.9. The van der Waals surface area contributed by atoms with Gasteiger partial charge in [0.2, 0.25) is 0 Å². The van der Waals surface area contributed by atoms with Crippen LogP contribution in [0.3, 0.4) is 0 Å². The molecule has 0 saturated carbocycles. The molecule has 0 fully saturated rings. The van der Waals surface area contributed by atoms with Crippen molar-refractivity contribution in [1.82, 2.24) is 4.98 Å². The molecule has 0 bridgehead atoms. The van der Waals surface area contributed by atoms with Gasteiger partial charge in [0.05, 0.1) is 10.5 Å². The minimum absolute atomic E-state index is 0.0315. The van der Waals surface area contributed by atoms with Crippen LogP contribution in [0.15, 0.2) is 42.6 Å². The van der Waals surface area contributed by atoms with Gasteiger partial charge in [-0.1, -0.05) is 23.7 Å². The van der Waals surface area contributed by atoms with Crippen LogP contribution in [0.1, 0.15) is 21.5 Å². The molecule has 20 heavy (non-hydrogen) atoms. The van der Waals surface area contributed by atoms with E-state index < -0.39 is 0 Å². The number of aromatic amines is 1. The van der Waals surface area contributed by atoms with E-state index in [-0.39, 0.29) is 5.78 Å². The van der Waals surface area contributed by atoms with Gasteiger partial charge >= 0.3 is 0 Å². The van der Waals surface area contributed by atoms with E-state index in [1.54, 1.807) is 30.5 Å². The summed E-state index contributed by atoms with van der Waals surface area (Å²) in [5.41, 5.74) is 9.30. The smallest absolute Gasteiger partial charge is 0.195 e. The fourth-order valence-corrected chi connectivity index (χ4v) is 2.62.